The molecule has 5 aromatic rings. The Balaban J connectivity index is 1.61. The Morgan fingerprint density at radius 1 is 0.590 bits per heavy atom. The lowest BCUT2D eigenvalue weighted by Crippen LogP contribution is -2.62. The summed E-state index contributed by atoms with van der Waals surface area (Å²) in [7, 11) is 0. The molecule has 3 heterocycles. The maximum absolute atomic E-state index is 14.1. The molecule has 0 unspecified atom stereocenters. The fraction of sp³-hybridized carbons (Fsp3) is 0.0333. The van der Waals surface area contributed by atoms with Gasteiger partial charge in [-0.2, -0.15) is 0 Å². The molecule has 1 aromatic heterocycles. The van der Waals surface area contributed by atoms with Gasteiger partial charge in [0.2, 0.25) is 5.66 Å². The number of benzene rings is 4. The van der Waals surface area contributed by atoms with Crippen molar-refractivity contribution in [3.63, 3.8) is 0 Å². The van der Waals surface area contributed by atoms with Crippen molar-refractivity contribution >= 4 is 45.2 Å². The first-order valence-electron chi connectivity index (χ1n) is 12.0. The van der Waals surface area contributed by atoms with Gasteiger partial charge in [0.15, 0.2) is 0 Å². The molecule has 8 nitrogen and oxygen atoms in total. The minimum Gasteiger partial charge on any atom is -0.508 e. The van der Waals surface area contributed by atoms with Crippen molar-refractivity contribution in [2.45, 2.75) is 5.66 Å². The number of thiazole rings is 1. The van der Waals surface area contributed by atoms with E-state index in [0.717, 1.165) is 14.5 Å². The van der Waals surface area contributed by atoms with E-state index in [1.165, 1.54) is 59.9 Å². The van der Waals surface area contributed by atoms with Crippen LogP contribution in [0.2, 0.25) is 0 Å². The molecule has 0 bridgehead atoms. The number of nitrogens with zero attached hydrogens (tertiary/aromatic N) is 3. The summed E-state index contributed by atoms with van der Waals surface area (Å²) in [6.45, 7) is 0. The molecule has 1 N–H and O–H groups in total. The fourth-order valence-electron chi connectivity index (χ4n) is 5.35. The first-order chi connectivity index (χ1) is 18.9. The Morgan fingerprint density at radius 3 is 1.49 bits per heavy atom. The standard InChI is InChI=1S/C30H17N3O5S/c34-18-15-13-17(14-16-18)30(29-31-23-11-5-6-12-24(23)39-29,32-25(35)19-7-1-2-8-20(19)26(32)36)33-27(37)21-9-3-4-10-22(21)28(33)38/h1-16,34H. The number of imide groups is 2. The highest BCUT2D eigenvalue weighted by Gasteiger charge is 2.62. The van der Waals surface area contributed by atoms with Crippen LogP contribution >= 0.6 is 11.3 Å². The third-order valence-corrected chi connectivity index (χ3v) is 8.23. The molecule has 0 aliphatic carbocycles. The van der Waals surface area contributed by atoms with E-state index in [4.69, 9.17) is 4.98 Å². The molecule has 7 rings (SSSR count). The molecule has 0 radical (unpaired) electrons. The predicted molar refractivity (Wildman–Crippen MR) is 142 cm³/mol. The third-order valence-electron chi connectivity index (χ3n) is 7.10. The smallest absolute Gasteiger partial charge is 0.264 e. The van der Waals surface area contributed by atoms with Crippen LogP contribution in [0.25, 0.3) is 10.2 Å². The predicted octanol–water partition coefficient (Wildman–Crippen LogP) is 4.80. The molecule has 39 heavy (non-hydrogen) atoms. The minimum absolute atomic E-state index is 0.0679. The van der Waals surface area contributed by atoms with E-state index in [2.05, 4.69) is 0 Å². The second-order valence-corrected chi connectivity index (χ2v) is 10.2. The van der Waals surface area contributed by atoms with Gasteiger partial charge in [0, 0.05) is 5.56 Å². The summed E-state index contributed by atoms with van der Waals surface area (Å²) in [4.78, 5) is 63.2. The van der Waals surface area contributed by atoms with Crippen LogP contribution in [0.1, 0.15) is 52.0 Å². The summed E-state index contributed by atoms with van der Waals surface area (Å²) in [5.41, 5.74) is -0.645. The van der Waals surface area contributed by atoms with E-state index in [9.17, 15) is 24.3 Å². The number of phenolic OH excluding ortho intramolecular Hbond substituents is 1. The lowest BCUT2D eigenvalue weighted by molar-refractivity contribution is 0.00341. The number of phenols is 1. The van der Waals surface area contributed by atoms with Gasteiger partial charge in [-0.25, -0.2) is 14.8 Å². The second kappa shape index (κ2) is 8.17. The topological polar surface area (TPSA) is 108 Å². The van der Waals surface area contributed by atoms with E-state index < -0.39 is 29.3 Å². The van der Waals surface area contributed by atoms with Crippen LogP contribution < -0.4 is 0 Å². The normalized spacial score (nSPS) is 14.9. The van der Waals surface area contributed by atoms with Gasteiger partial charge in [0.05, 0.1) is 32.5 Å². The van der Waals surface area contributed by atoms with Crippen LogP contribution in [-0.4, -0.2) is 43.5 Å². The number of carbonyl (C=O) groups excluding carboxylic acids is 4. The number of hydrogen-bond acceptors (Lipinski definition) is 7. The molecule has 0 saturated carbocycles. The summed E-state index contributed by atoms with van der Waals surface area (Å²) in [5.74, 6) is -2.74. The Kier molecular flexibility index (Phi) is 4.82. The van der Waals surface area contributed by atoms with Crippen LogP contribution in [0.3, 0.4) is 0 Å². The number of aromatic hydroxyl groups is 1. The number of rotatable bonds is 4. The van der Waals surface area contributed by atoms with E-state index in [1.807, 2.05) is 12.1 Å². The zero-order valence-corrected chi connectivity index (χ0v) is 20.9. The summed E-state index contributed by atoms with van der Waals surface area (Å²) in [6, 6.07) is 25.8. The molecule has 9 heteroatoms. The van der Waals surface area contributed by atoms with Crippen LogP contribution in [0.4, 0.5) is 0 Å². The highest BCUT2D eigenvalue weighted by atomic mass is 32.1. The average molecular weight is 532 g/mol. The van der Waals surface area contributed by atoms with Gasteiger partial charge in [-0.05, 0) is 48.5 Å². The van der Waals surface area contributed by atoms with Gasteiger partial charge >= 0.3 is 0 Å². The van der Waals surface area contributed by atoms with E-state index in [0.29, 0.717) is 5.52 Å². The minimum atomic E-state index is -2.09. The maximum atomic E-state index is 14.1. The molecule has 188 valence electrons. The Bertz CT molecular complexity index is 1700. The molecular weight excluding hydrogens is 514 g/mol. The van der Waals surface area contributed by atoms with Crippen LogP contribution in [-0.2, 0) is 5.66 Å². The number of fused-ring (bicyclic) bond motifs is 3. The van der Waals surface area contributed by atoms with Crippen molar-refractivity contribution in [1.82, 2.24) is 14.8 Å². The molecule has 2 aliphatic rings. The Labute approximate surface area is 225 Å². The van der Waals surface area contributed by atoms with Gasteiger partial charge in [0.25, 0.3) is 23.6 Å². The van der Waals surface area contributed by atoms with Gasteiger partial charge < -0.3 is 5.11 Å². The van der Waals surface area contributed by atoms with Crippen molar-refractivity contribution in [2.24, 2.45) is 0 Å². The first-order valence-corrected chi connectivity index (χ1v) is 12.9. The lowest BCUT2D eigenvalue weighted by Gasteiger charge is -2.44. The van der Waals surface area contributed by atoms with Crippen molar-refractivity contribution in [3.8, 4) is 5.75 Å². The fourth-order valence-corrected chi connectivity index (χ4v) is 6.51. The highest BCUT2D eigenvalue weighted by Crippen LogP contribution is 2.49. The molecule has 0 fully saturated rings. The van der Waals surface area contributed by atoms with Crippen LogP contribution in [0.15, 0.2) is 97.1 Å². The molecule has 4 aromatic carbocycles. The zero-order valence-electron chi connectivity index (χ0n) is 20.1. The molecule has 4 amide bonds. The Morgan fingerprint density at radius 2 is 1.03 bits per heavy atom. The zero-order chi connectivity index (χ0) is 26.9. The number of para-hydroxylation sites is 1. The van der Waals surface area contributed by atoms with Crippen molar-refractivity contribution < 1.29 is 24.3 Å². The van der Waals surface area contributed by atoms with Gasteiger partial charge in [-0.1, -0.05) is 48.5 Å². The van der Waals surface area contributed by atoms with E-state index in [-0.39, 0.29) is 38.6 Å². The van der Waals surface area contributed by atoms with E-state index >= 15 is 0 Å². The SMILES string of the molecule is O=C1c2ccccc2C(=O)N1C(c1ccc(O)cc1)(c1nc2ccccc2s1)N1C(=O)c2ccccc2C1=O. The number of amides is 4. The number of aromatic nitrogens is 1. The molecule has 0 spiro atoms. The largest absolute Gasteiger partial charge is 0.508 e. The van der Waals surface area contributed by atoms with Crippen molar-refractivity contribution in [1.29, 1.82) is 0 Å². The number of carbonyl (C=O) groups is 4. The summed E-state index contributed by atoms with van der Waals surface area (Å²) < 4.78 is 0.740. The van der Waals surface area contributed by atoms with Crippen molar-refractivity contribution in [3.05, 3.63) is 130 Å². The Hall–Kier alpha value is -5.15. The quantitative estimate of drug-likeness (QED) is 0.334. The van der Waals surface area contributed by atoms with Gasteiger partial charge in [0.1, 0.15) is 10.8 Å². The second-order valence-electron chi connectivity index (χ2n) is 9.19. The molecule has 2 aliphatic heterocycles. The molecular formula is C30H17N3O5S. The number of hydrogen-bond donors (Lipinski definition) is 1. The van der Waals surface area contributed by atoms with Gasteiger partial charge in [-0.15, -0.1) is 11.3 Å². The average Bonchev–Trinajstić information content (AvgIpc) is 3.59. The van der Waals surface area contributed by atoms with Gasteiger partial charge in [-0.3, -0.25) is 19.2 Å². The van der Waals surface area contributed by atoms with Crippen LogP contribution in [0, 0.1) is 0 Å². The maximum Gasteiger partial charge on any atom is 0.264 e. The van der Waals surface area contributed by atoms with E-state index in [1.54, 1.807) is 36.4 Å². The molecule has 0 atom stereocenters. The van der Waals surface area contributed by atoms with Crippen molar-refractivity contribution in [2.75, 3.05) is 0 Å². The third kappa shape index (κ3) is 3.01. The highest BCUT2D eigenvalue weighted by molar-refractivity contribution is 7.18. The van der Waals surface area contributed by atoms with Crippen LogP contribution in [0.5, 0.6) is 5.75 Å². The summed E-state index contributed by atoms with van der Waals surface area (Å²) in [6.07, 6.45) is 0. The summed E-state index contributed by atoms with van der Waals surface area (Å²) in [5, 5.41) is 10.3. The summed E-state index contributed by atoms with van der Waals surface area (Å²) >= 11 is 1.18. The monoisotopic (exact) mass is 531 g/mol. The molecule has 0 saturated heterocycles. The lowest BCUT2D eigenvalue weighted by atomic mass is 9.94. The first kappa shape index (κ1) is 23.0.